The van der Waals surface area contributed by atoms with Gasteiger partial charge in [-0.2, -0.15) is 11.3 Å². The second kappa shape index (κ2) is 7.19. The van der Waals surface area contributed by atoms with Crippen molar-refractivity contribution in [3.05, 3.63) is 46.9 Å². The van der Waals surface area contributed by atoms with Crippen molar-refractivity contribution in [3.63, 3.8) is 0 Å². The number of anilines is 1. The summed E-state index contributed by atoms with van der Waals surface area (Å²) >= 11 is 1.76. The standard InChI is InChI=1S/C18H23N3O2S/c1-2-17(10-19-4-1)21-6-7-22-15-18(14-21)13-20(5-8-23-18)11-16-3-9-24-12-16/h1-4,9-10,12H,5-8,11,13-15H2/t18-/m0/s1. The molecule has 5 nitrogen and oxygen atoms in total. The van der Waals surface area contributed by atoms with Gasteiger partial charge in [-0.15, -0.1) is 0 Å². The van der Waals surface area contributed by atoms with Gasteiger partial charge in [0, 0.05) is 32.4 Å². The summed E-state index contributed by atoms with van der Waals surface area (Å²) in [7, 11) is 0. The molecule has 1 spiro atoms. The van der Waals surface area contributed by atoms with Gasteiger partial charge in [-0.25, -0.2) is 0 Å². The van der Waals surface area contributed by atoms with Gasteiger partial charge >= 0.3 is 0 Å². The molecule has 0 radical (unpaired) electrons. The molecular weight excluding hydrogens is 322 g/mol. The highest BCUT2D eigenvalue weighted by Gasteiger charge is 2.40. The van der Waals surface area contributed by atoms with Crippen LogP contribution >= 0.6 is 11.3 Å². The molecule has 0 aromatic carbocycles. The van der Waals surface area contributed by atoms with Gasteiger partial charge in [-0.1, -0.05) is 0 Å². The third-order valence-corrected chi connectivity index (χ3v) is 5.41. The first kappa shape index (κ1) is 16.0. The van der Waals surface area contributed by atoms with Crippen molar-refractivity contribution in [2.75, 3.05) is 50.9 Å². The maximum Gasteiger partial charge on any atom is 0.121 e. The van der Waals surface area contributed by atoms with Crippen molar-refractivity contribution >= 4 is 17.0 Å². The zero-order chi connectivity index (χ0) is 16.2. The third kappa shape index (κ3) is 3.62. The fourth-order valence-corrected chi connectivity index (χ4v) is 4.21. The van der Waals surface area contributed by atoms with E-state index in [2.05, 4.69) is 37.7 Å². The lowest BCUT2D eigenvalue weighted by molar-refractivity contribution is -0.134. The maximum absolute atomic E-state index is 6.26. The van der Waals surface area contributed by atoms with Crippen molar-refractivity contribution in [2.24, 2.45) is 0 Å². The van der Waals surface area contributed by atoms with Gasteiger partial charge in [0.2, 0.25) is 0 Å². The zero-order valence-corrected chi connectivity index (χ0v) is 14.6. The molecule has 0 bridgehead atoms. The minimum atomic E-state index is -0.263. The van der Waals surface area contributed by atoms with Crippen molar-refractivity contribution in [2.45, 2.75) is 12.1 Å². The number of hydrogen-bond acceptors (Lipinski definition) is 6. The molecule has 1 atom stereocenters. The van der Waals surface area contributed by atoms with Gasteiger partial charge in [0.15, 0.2) is 0 Å². The Morgan fingerprint density at radius 2 is 2.21 bits per heavy atom. The molecule has 2 fully saturated rings. The summed E-state index contributed by atoms with van der Waals surface area (Å²) in [5.41, 5.74) is 2.26. The van der Waals surface area contributed by atoms with Crippen LogP contribution < -0.4 is 4.90 Å². The monoisotopic (exact) mass is 345 g/mol. The lowest BCUT2D eigenvalue weighted by Crippen LogP contribution is -2.58. The van der Waals surface area contributed by atoms with Gasteiger partial charge in [0.1, 0.15) is 5.60 Å². The average Bonchev–Trinajstić information content (AvgIpc) is 3.03. The highest BCUT2D eigenvalue weighted by atomic mass is 32.1. The first-order valence-corrected chi connectivity index (χ1v) is 9.37. The van der Waals surface area contributed by atoms with E-state index in [1.54, 1.807) is 11.3 Å². The SMILES string of the molecule is c1cncc(N2CCOC[C@]3(CN(Cc4ccsc4)CCO3)C2)c1. The zero-order valence-electron chi connectivity index (χ0n) is 13.8. The number of thiophene rings is 1. The average molecular weight is 345 g/mol. The molecule has 0 N–H and O–H groups in total. The van der Waals surface area contributed by atoms with Crippen molar-refractivity contribution in [1.29, 1.82) is 0 Å². The number of pyridine rings is 1. The summed E-state index contributed by atoms with van der Waals surface area (Å²) in [5.74, 6) is 0. The highest BCUT2D eigenvalue weighted by molar-refractivity contribution is 7.07. The van der Waals surface area contributed by atoms with E-state index in [9.17, 15) is 0 Å². The lowest BCUT2D eigenvalue weighted by Gasteiger charge is -2.43. The van der Waals surface area contributed by atoms with Gasteiger partial charge in [-0.3, -0.25) is 9.88 Å². The van der Waals surface area contributed by atoms with Crippen molar-refractivity contribution in [1.82, 2.24) is 9.88 Å². The Bertz CT molecular complexity index is 637. The lowest BCUT2D eigenvalue weighted by atomic mass is 10.0. The predicted molar refractivity (Wildman–Crippen MR) is 95.5 cm³/mol. The molecule has 4 heterocycles. The van der Waals surface area contributed by atoms with Gasteiger partial charge in [0.25, 0.3) is 0 Å². The number of morpholine rings is 1. The molecule has 2 aliphatic rings. The van der Waals surface area contributed by atoms with E-state index in [1.807, 2.05) is 18.5 Å². The highest BCUT2D eigenvalue weighted by Crippen LogP contribution is 2.26. The smallest absolute Gasteiger partial charge is 0.121 e. The molecule has 0 unspecified atom stereocenters. The van der Waals surface area contributed by atoms with E-state index in [1.165, 1.54) is 5.56 Å². The van der Waals surface area contributed by atoms with E-state index in [0.717, 1.165) is 51.6 Å². The maximum atomic E-state index is 6.26. The molecule has 4 rings (SSSR count). The third-order valence-electron chi connectivity index (χ3n) is 4.67. The van der Waals surface area contributed by atoms with Crippen LogP contribution in [0.1, 0.15) is 5.56 Å². The summed E-state index contributed by atoms with van der Waals surface area (Å²) in [5, 5.41) is 4.37. The van der Waals surface area contributed by atoms with Gasteiger partial charge < -0.3 is 14.4 Å². The molecule has 0 aliphatic carbocycles. The minimum absolute atomic E-state index is 0.263. The summed E-state index contributed by atoms with van der Waals surface area (Å²) in [6.45, 7) is 6.73. The number of aromatic nitrogens is 1. The van der Waals surface area contributed by atoms with Gasteiger partial charge in [0.05, 0.1) is 38.2 Å². The Morgan fingerprint density at radius 1 is 1.21 bits per heavy atom. The van der Waals surface area contributed by atoms with Gasteiger partial charge in [-0.05, 0) is 34.5 Å². The first-order valence-electron chi connectivity index (χ1n) is 8.43. The Hall–Kier alpha value is -1.47. The Balaban J connectivity index is 1.49. The Kier molecular flexibility index (Phi) is 4.80. The molecule has 24 heavy (non-hydrogen) atoms. The summed E-state index contributed by atoms with van der Waals surface area (Å²) in [4.78, 5) is 9.09. The Morgan fingerprint density at radius 3 is 3.04 bits per heavy atom. The summed E-state index contributed by atoms with van der Waals surface area (Å²) in [6.07, 6.45) is 3.73. The number of rotatable bonds is 3. The van der Waals surface area contributed by atoms with Crippen LogP contribution in [0.3, 0.4) is 0 Å². The molecule has 128 valence electrons. The molecule has 2 saturated heterocycles. The van der Waals surface area contributed by atoms with Crippen LogP contribution in [0.25, 0.3) is 0 Å². The quantitative estimate of drug-likeness (QED) is 0.853. The van der Waals surface area contributed by atoms with Crippen LogP contribution in [0.5, 0.6) is 0 Å². The van der Waals surface area contributed by atoms with Crippen LogP contribution in [0.4, 0.5) is 5.69 Å². The van der Waals surface area contributed by atoms with Crippen LogP contribution in [0, 0.1) is 0 Å². The van der Waals surface area contributed by atoms with Crippen molar-refractivity contribution < 1.29 is 9.47 Å². The molecule has 2 aromatic heterocycles. The number of nitrogens with zero attached hydrogens (tertiary/aromatic N) is 3. The van der Waals surface area contributed by atoms with E-state index < -0.39 is 0 Å². The van der Waals surface area contributed by atoms with E-state index in [4.69, 9.17) is 9.47 Å². The molecule has 2 aliphatic heterocycles. The van der Waals surface area contributed by atoms with E-state index in [0.29, 0.717) is 6.61 Å². The summed E-state index contributed by atoms with van der Waals surface area (Å²) in [6, 6.07) is 6.30. The molecule has 0 amide bonds. The number of hydrogen-bond donors (Lipinski definition) is 0. The minimum Gasteiger partial charge on any atom is -0.376 e. The van der Waals surface area contributed by atoms with Crippen LogP contribution in [0.2, 0.25) is 0 Å². The molecule has 0 saturated carbocycles. The fourth-order valence-electron chi connectivity index (χ4n) is 3.55. The van der Waals surface area contributed by atoms with E-state index in [-0.39, 0.29) is 5.60 Å². The second-order valence-electron chi connectivity index (χ2n) is 6.56. The van der Waals surface area contributed by atoms with Crippen LogP contribution in [-0.4, -0.2) is 61.5 Å². The van der Waals surface area contributed by atoms with E-state index >= 15 is 0 Å². The first-order chi connectivity index (χ1) is 11.8. The predicted octanol–water partition coefficient (Wildman–Crippen LogP) is 2.25. The number of ether oxygens (including phenoxy) is 2. The molecular formula is C18H23N3O2S. The molecule has 2 aromatic rings. The summed E-state index contributed by atoms with van der Waals surface area (Å²) < 4.78 is 12.2. The molecule has 6 heteroatoms. The topological polar surface area (TPSA) is 37.8 Å². The van der Waals surface area contributed by atoms with Crippen molar-refractivity contribution in [3.8, 4) is 0 Å². The normalized spacial score (nSPS) is 25.8. The second-order valence-corrected chi connectivity index (χ2v) is 7.34. The largest absolute Gasteiger partial charge is 0.376 e. The van der Waals surface area contributed by atoms with Crippen LogP contribution in [0.15, 0.2) is 41.4 Å². The Labute approximate surface area is 146 Å². The van der Waals surface area contributed by atoms with Crippen LogP contribution in [-0.2, 0) is 16.0 Å². The fraction of sp³-hybridized carbons (Fsp3) is 0.500.